The quantitative estimate of drug-likeness (QED) is 0.760. The molecule has 0 spiro atoms. The van der Waals surface area contributed by atoms with Crippen LogP contribution < -0.4 is 5.32 Å². The Morgan fingerprint density at radius 1 is 0.846 bits per heavy atom. The van der Waals surface area contributed by atoms with Crippen LogP contribution in [0.5, 0.6) is 0 Å². The fraction of sp³-hybridized carbons (Fsp3) is 0.235. The summed E-state index contributed by atoms with van der Waals surface area (Å²) in [6, 6.07) is 7.76. The molecule has 2 N–H and O–H groups in total. The van der Waals surface area contributed by atoms with Gasteiger partial charge in [-0.1, -0.05) is 12.1 Å². The Morgan fingerprint density at radius 3 is 1.73 bits per heavy atom. The number of hydrogen-bond donors (Lipinski definition) is 2. The first-order valence-corrected chi connectivity index (χ1v) is 7.20. The number of rotatable bonds is 3. The fourth-order valence-electron chi connectivity index (χ4n) is 2.06. The van der Waals surface area contributed by atoms with Crippen LogP contribution in [0.15, 0.2) is 48.5 Å². The summed E-state index contributed by atoms with van der Waals surface area (Å²) in [7, 11) is 0. The topological polar surface area (TPSA) is 49.3 Å². The zero-order valence-corrected chi connectivity index (χ0v) is 13.2. The van der Waals surface area contributed by atoms with Gasteiger partial charge in [0.1, 0.15) is 0 Å². The highest BCUT2D eigenvalue weighted by molar-refractivity contribution is 6.04. The highest BCUT2D eigenvalue weighted by Crippen LogP contribution is 2.38. The maximum absolute atomic E-state index is 12.8. The molecule has 1 atom stereocenters. The van der Waals surface area contributed by atoms with Gasteiger partial charge in [0.2, 0.25) is 0 Å². The Kier molecular flexibility index (Phi) is 5.05. The van der Waals surface area contributed by atoms with Crippen molar-refractivity contribution >= 4 is 11.6 Å². The lowest BCUT2D eigenvalue weighted by atomic mass is 9.95. The molecule has 140 valence electrons. The Bertz CT molecular complexity index is 777. The van der Waals surface area contributed by atoms with Crippen LogP contribution in [0, 0.1) is 0 Å². The summed E-state index contributed by atoms with van der Waals surface area (Å²) in [4.78, 5) is 12.0. The molecule has 2 rings (SSSR count). The summed E-state index contributed by atoms with van der Waals surface area (Å²) in [6.45, 7) is 0.600. The molecule has 1 amide bonds. The van der Waals surface area contributed by atoms with Crippen LogP contribution in [0.2, 0.25) is 0 Å². The maximum atomic E-state index is 12.8. The molecule has 1 unspecified atom stereocenters. The van der Waals surface area contributed by atoms with E-state index in [1.165, 1.54) is 0 Å². The summed E-state index contributed by atoms with van der Waals surface area (Å²) < 4.78 is 75.8. The largest absolute Gasteiger partial charge is 0.421 e. The van der Waals surface area contributed by atoms with Crippen molar-refractivity contribution in [1.29, 1.82) is 0 Å². The molecule has 0 aliphatic rings. The SMILES string of the molecule is CC(O)(c1ccc(NC(=O)c2ccc(C(F)(F)F)cc2)cc1)C(F)(F)F. The van der Waals surface area contributed by atoms with Gasteiger partial charge in [-0.2, -0.15) is 26.3 Å². The van der Waals surface area contributed by atoms with Crippen LogP contribution >= 0.6 is 0 Å². The first kappa shape index (κ1) is 19.8. The van der Waals surface area contributed by atoms with Gasteiger partial charge in [-0.3, -0.25) is 4.79 Å². The smallest absolute Gasteiger partial charge is 0.376 e. The lowest BCUT2D eigenvalue weighted by molar-refractivity contribution is -0.258. The molecular weight excluding hydrogens is 364 g/mol. The summed E-state index contributed by atoms with van der Waals surface area (Å²) in [5.41, 5.74) is -4.31. The molecule has 0 aliphatic heterocycles. The van der Waals surface area contributed by atoms with Crippen LogP contribution in [-0.2, 0) is 11.8 Å². The van der Waals surface area contributed by atoms with Crippen molar-refractivity contribution in [2.75, 3.05) is 5.32 Å². The van der Waals surface area contributed by atoms with E-state index >= 15 is 0 Å². The lowest BCUT2D eigenvalue weighted by Gasteiger charge is -2.26. The van der Waals surface area contributed by atoms with Crippen molar-refractivity contribution in [3.8, 4) is 0 Å². The van der Waals surface area contributed by atoms with Crippen LogP contribution in [0.25, 0.3) is 0 Å². The van der Waals surface area contributed by atoms with E-state index in [4.69, 9.17) is 0 Å². The summed E-state index contributed by atoms with van der Waals surface area (Å²) in [6.07, 6.45) is -9.40. The minimum atomic E-state index is -4.88. The summed E-state index contributed by atoms with van der Waals surface area (Å²) in [5, 5.41) is 11.9. The Balaban J connectivity index is 2.13. The van der Waals surface area contributed by atoms with E-state index in [9.17, 15) is 36.2 Å². The van der Waals surface area contributed by atoms with Crippen molar-refractivity contribution in [1.82, 2.24) is 0 Å². The molecule has 26 heavy (non-hydrogen) atoms. The van der Waals surface area contributed by atoms with Crippen LogP contribution in [-0.4, -0.2) is 17.2 Å². The van der Waals surface area contributed by atoms with Gasteiger partial charge in [0, 0.05) is 11.3 Å². The Hall–Kier alpha value is -2.55. The van der Waals surface area contributed by atoms with E-state index in [0.29, 0.717) is 6.92 Å². The number of amides is 1. The van der Waals surface area contributed by atoms with E-state index in [0.717, 1.165) is 48.5 Å². The molecule has 0 heterocycles. The molecule has 0 bridgehead atoms. The van der Waals surface area contributed by atoms with Crippen molar-refractivity contribution in [2.24, 2.45) is 0 Å². The molecule has 9 heteroatoms. The number of anilines is 1. The van der Waals surface area contributed by atoms with Gasteiger partial charge in [0.15, 0.2) is 5.60 Å². The van der Waals surface area contributed by atoms with Gasteiger partial charge in [0.25, 0.3) is 5.91 Å². The standard InChI is InChI=1S/C17H13F6NO2/c1-15(26,17(21,22)23)11-6-8-13(9-7-11)24-14(25)10-2-4-12(5-3-10)16(18,19)20/h2-9,26H,1H3,(H,24,25). The predicted octanol–water partition coefficient (Wildman–Crippen LogP) is 4.73. The molecular formula is C17H13F6NO2. The van der Waals surface area contributed by atoms with Crippen LogP contribution in [0.1, 0.15) is 28.4 Å². The second kappa shape index (κ2) is 6.64. The van der Waals surface area contributed by atoms with E-state index in [1.807, 2.05) is 0 Å². The van der Waals surface area contributed by atoms with Gasteiger partial charge in [-0.05, 0) is 48.9 Å². The van der Waals surface area contributed by atoms with Gasteiger partial charge in [-0.25, -0.2) is 0 Å². The van der Waals surface area contributed by atoms with Crippen molar-refractivity contribution in [2.45, 2.75) is 24.9 Å². The molecule has 0 aliphatic carbocycles. The zero-order valence-electron chi connectivity index (χ0n) is 13.2. The van der Waals surface area contributed by atoms with E-state index in [2.05, 4.69) is 5.32 Å². The van der Waals surface area contributed by atoms with Gasteiger partial charge in [-0.15, -0.1) is 0 Å². The molecule has 0 saturated heterocycles. The molecule has 2 aromatic rings. The molecule has 0 aromatic heterocycles. The number of benzene rings is 2. The number of nitrogens with one attached hydrogen (secondary N) is 1. The first-order valence-electron chi connectivity index (χ1n) is 7.20. The number of hydrogen-bond acceptors (Lipinski definition) is 2. The minimum absolute atomic E-state index is 0.0515. The highest BCUT2D eigenvalue weighted by Gasteiger charge is 2.51. The van der Waals surface area contributed by atoms with Gasteiger partial charge >= 0.3 is 12.4 Å². The normalized spacial score (nSPS) is 14.6. The van der Waals surface area contributed by atoms with E-state index < -0.39 is 35.0 Å². The molecule has 0 fully saturated rings. The van der Waals surface area contributed by atoms with Crippen molar-refractivity contribution < 1.29 is 36.2 Å². The third-order valence-electron chi connectivity index (χ3n) is 3.73. The lowest BCUT2D eigenvalue weighted by Crippen LogP contribution is -2.39. The molecule has 0 saturated carbocycles. The monoisotopic (exact) mass is 377 g/mol. The van der Waals surface area contributed by atoms with Crippen LogP contribution in [0.3, 0.4) is 0 Å². The highest BCUT2D eigenvalue weighted by atomic mass is 19.4. The third-order valence-corrected chi connectivity index (χ3v) is 3.73. The van der Waals surface area contributed by atoms with Gasteiger partial charge < -0.3 is 10.4 Å². The zero-order chi connectivity index (χ0) is 19.8. The predicted molar refractivity (Wildman–Crippen MR) is 81.5 cm³/mol. The molecule has 2 aromatic carbocycles. The fourth-order valence-corrected chi connectivity index (χ4v) is 2.06. The van der Waals surface area contributed by atoms with E-state index in [-0.39, 0.29) is 11.3 Å². The number of halogens is 6. The number of carbonyl (C=O) groups excluding carboxylic acids is 1. The minimum Gasteiger partial charge on any atom is -0.376 e. The van der Waals surface area contributed by atoms with E-state index in [1.54, 1.807) is 0 Å². The second-order valence-corrected chi connectivity index (χ2v) is 5.68. The summed E-state index contributed by atoms with van der Waals surface area (Å²) >= 11 is 0. The van der Waals surface area contributed by atoms with Gasteiger partial charge in [0.05, 0.1) is 5.56 Å². The van der Waals surface area contributed by atoms with Crippen LogP contribution in [0.4, 0.5) is 32.0 Å². The number of carbonyl (C=O) groups is 1. The Morgan fingerprint density at radius 2 is 1.31 bits per heavy atom. The third kappa shape index (κ3) is 4.16. The first-order chi connectivity index (χ1) is 11.8. The number of alkyl halides is 6. The van der Waals surface area contributed by atoms with Crippen molar-refractivity contribution in [3.63, 3.8) is 0 Å². The molecule has 3 nitrogen and oxygen atoms in total. The summed E-state index contributed by atoms with van der Waals surface area (Å²) in [5.74, 6) is -0.728. The number of aliphatic hydroxyl groups is 1. The Labute approximate surface area is 144 Å². The van der Waals surface area contributed by atoms with Crippen molar-refractivity contribution in [3.05, 3.63) is 65.2 Å². The molecule has 0 radical (unpaired) electrons. The average Bonchev–Trinajstić information content (AvgIpc) is 2.53. The second-order valence-electron chi connectivity index (χ2n) is 5.68. The average molecular weight is 377 g/mol. The maximum Gasteiger partial charge on any atom is 0.421 e.